The number of para-hydroxylation sites is 1. The van der Waals surface area contributed by atoms with Gasteiger partial charge in [0.1, 0.15) is 0 Å². The molecule has 6 heteroatoms. The number of benzene rings is 2. The van der Waals surface area contributed by atoms with E-state index in [9.17, 15) is 15.0 Å². The van der Waals surface area contributed by atoms with Gasteiger partial charge in [0.05, 0.1) is 31.0 Å². The number of aliphatic hydroxyl groups excluding tert-OH is 2. The Labute approximate surface area is 163 Å². The number of amides is 1. The van der Waals surface area contributed by atoms with Gasteiger partial charge in [0.2, 0.25) is 0 Å². The Bertz CT molecular complexity index is 942. The van der Waals surface area contributed by atoms with Crippen LogP contribution in [0.5, 0.6) is 0 Å². The Kier molecular flexibility index (Phi) is 5.43. The van der Waals surface area contributed by atoms with Gasteiger partial charge in [-0.05, 0) is 11.6 Å². The second-order valence-corrected chi connectivity index (χ2v) is 7.13. The Hall–Kier alpha value is -2.67. The summed E-state index contributed by atoms with van der Waals surface area (Å²) in [4.78, 5) is 15.0. The van der Waals surface area contributed by atoms with Crippen LogP contribution in [0.1, 0.15) is 15.9 Å². The topological polar surface area (TPSA) is 74.9 Å². The van der Waals surface area contributed by atoms with Crippen LogP contribution in [0.15, 0.2) is 60.8 Å². The summed E-state index contributed by atoms with van der Waals surface area (Å²) in [6.07, 6.45) is 0.942. The van der Waals surface area contributed by atoms with Crippen molar-refractivity contribution in [2.24, 2.45) is 0 Å². The van der Waals surface area contributed by atoms with Gasteiger partial charge in [-0.2, -0.15) is 0 Å². The van der Waals surface area contributed by atoms with E-state index in [-0.39, 0.29) is 19.1 Å². The molecule has 0 radical (unpaired) electrons. The number of aromatic nitrogens is 1. The Morgan fingerprint density at radius 3 is 2.29 bits per heavy atom. The summed E-state index contributed by atoms with van der Waals surface area (Å²) in [5.74, 6) is -0.108. The third kappa shape index (κ3) is 3.67. The summed E-state index contributed by atoms with van der Waals surface area (Å²) in [5.41, 5.74) is 2.79. The molecular weight excluding hydrogens is 356 g/mol. The van der Waals surface area contributed by atoms with Crippen molar-refractivity contribution in [1.82, 2.24) is 9.47 Å². The van der Waals surface area contributed by atoms with Crippen molar-refractivity contribution in [3.63, 3.8) is 0 Å². The average Bonchev–Trinajstić information content (AvgIpc) is 3.12. The van der Waals surface area contributed by atoms with Gasteiger partial charge in [0, 0.05) is 36.7 Å². The first-order valence-corrected chi connectivity index (χ1v) is 9.48. The molecule has 3 aromatic rings. The fourth-order valence-electron chi connectivity index (χ4n) is 3.79. The maximum atomic E-state index is 13.3. The molecule has 0 spiro atoms. The molecule has 0 unspecified atom stereocenters. The van der Waals surface area contributed by atoms with Crippen LogP contribution in [0.25, 0.3) is 10.9 Å². The number of fused-ring (bicyclic) bond motifs is 1. The summed E-state index contributed by atoms with van der Waals surface area (Å²) in [6, 6.07) is 18.0. The van der Waals surface area contributed by atoms with Crippen LogP contribution >= 0.6 is 0 Å². The molecule has 1 aliphatic heterocycles. The lowest BCUT2D eigenvalue weighted by Crippen LogP contribution is -2.52. The summed E-state index contributed by atoms with van der Waals surface area (Å²) in [5, 5.41) is 19.8. The quantitative estimate of drug-likeness (QED) is 0.709. The number of rotatable bonds is 5. The monoisotopic (exact) mass is 380 g/mol. The number of ether oxygens (including phenoxy) is 1. The fourth-order valence-corrected chi connectivity index (χ4v) is 3.79. The standard InChI is InChI=1S/C22H24N2O4/c25-14-17-11-24(12-18(15-26)28-17)22(27)20-13-23(10-16-6-2-1-3-7-16)21-9-5-4-8-19(20)21/h1-9,13,17-18,25-26H,10-12,14-15H2/t17-,18-/m1/s1. The first kappa shape index (κ1) is 18.7. The molecule has 4 rings (SSSR count). The first-order valence-electron chi connectivity index (χ1n) is 9.48. The summed E-state index contributed by atoms with van der Waals surface area (Å²) >= 11 is 0. The molecule has 2 atom stereocenters. The van der Waals surface area contributed by atoms with Crippen LogP contribution in [-0.2, 0) is 11.3 Å². The molecule has 0 bridgehead atoms. The van der Waals surface area contributed by atoms with Crippen LogP contribution in [0.4, 0.5) is 0 Å². The highest BCUT2D eigenvalue weighted by molar-refractivity contribution is 6.07. The van der Waals surface area contributed by atoms with Crippen molar-refractivity contribution in [2.45, 2.75) is 18.8 Å². The van der Waals surface area contributed by atoms with Crippen LogP contribution in [0.3, 0.4) is 0 Å². The lowest BCUT2D eigenvalue weighted by molar-refractivity contribution is -0.108. The molecule has 0 aliphatic carbocycles. The summed E-state index contributed by atoms with van der Waals surface area (Å²) in [6.45, 7) is 0.927. The zero-order chi connectivity index (χ0) is 19.5. The van der Waals surface area contributed by atoms with E-state index in [1.807, 2.05) is 48.7 Å². The molecule has 1 aliphatic rings. The maximum absolute atomic E-state index is 13.3. The van der Waals surface area contributed by atoms with Crippen LogP contribution in [-0.4, -0.2) is 64.1 Å². The Morgan fingerprint density at radius 2 is 1.61 bits per heavy atom. The minimum atomic E-state index is -0.479. The third-order valence-electron chi connectivity index (χ3n) is 5.14. The number of nitrogens with zero attached hydrogens (tertiary/aromatic N) is 2. The van der Waals surface area contributed by atoms with E-state index >= 15 is 0 Å². The van der Waals surface area contributed by atoms with Crippen molar-refractivity contribution >= 4 is 16.8 Å². The SMILES string of the molecule is O=C(c1cn(Cc2ccccc2)c2ccccc12)N1C[C@H](CO)O[C@@H](CO)C1. The molecular formula is C22H24N2O4. The minimum absolute atomic E-state index is 0.108. The molecule has 1 amide bonds. The van der Waals surface area contributed by atoms with Crippen molar-refractivity contribution in [3.8, 4) is 0 Å². The molecule has 6 nitrogen and oxygen atoms in total. The smallest absolute Gasteiger partial charge is 0.256 e. The molecule has 2 heterocycles. The average molecular weight is 380 g/mol. The largest absolute Gasteiger partial charge is 0.394 e. The van der Waals surface area contributed by atoms with Gasteiger partial charge < -0.3 is 24.4 Å². The maximum Gasteiger partial charge on any atom is 0.256 e. The fraction of sp³-hybridized carbons (Fsp3) is 0.318. The highest BCUT2D eigenvalue weighted by Gasteiger charge is 2.31. The van der Waals surface area contributed by atoms with Crippen molar-refractivity contribution < 1.29 is 19.7 Å². The molecule has 2 N–H and O–H groups in total. The van der Waals surface area contributed by atoms with E-state index in [4.69, 9.17) is 4.74 Å². The van der Waals surface area contributed by atoms with Gasteiger partial charge >= 0.3 is 0 Å². The number of morpholine rings is 1. The zero-order valence-electron chi connectivity index (χ0n) is 15.6. The van der Waals surface area contributed by atoms with Crippen LogP contribution in [0.2, 0.25) is 0 Å². The number of hydrogen-bond acceptors (Lipinski definition) is 4. The third-order valence-corrected chi connectivity index (χ3v) is 5.14. The van der Waals surface area contributed by atoms with Crippen molar-refractivity contribution in [2.75, 3.05) is 26.3 Å². The molecule has 1 fully saturated rings. The minimum Gasteiger partial charge on any atom is -0.394 e. The van der Waals surface area contributed by atoms with E-state index in [0.29, 0.717) is 25.2 Å². The second kappa shape index (κ2) is 8.14. The molecule has 2 aromatic carbocycles. The van der Waals surface area contributed by atoms with Crippen molar-refractivity contribution in [1.29, 1.82) is 0 Å². The molecule has 146 valence electrons. The number of carbonyl (C=O) groups is 1. The van der Waals surface area contributed by atoms with E-state index in [1.54, 1.807) is 4.90 Å². The lowest BCUT2D eigenvalue weighted by Gasteiger charge is -2.36. The molecule has 28 heavy (non-hydrogen) atoms. The highest BCUT2D eigenvalue weighted by Crippen LogP contribution is 2.25. The first-order chi connectivity index (χ1) is 13.7. The van der Waals surface area contributed by atoms with Gasteiger partial charge in [-0.3, -0.25) is 4.79 Å². The molecule has 1 saturated heterocycles. The molecule has 1 aromatic heterocycles. The number of hydrogen-bond donors (Lipinski definition) is 2. The van der Waals surface area contributed by atoms with E-state index in [2.05, 4.69) is 16.7 Å². The van der Waals surface area contributed by atoms with Gasteiger partial charge in [-0.1, -0.05) is 48.5 Å². The van der Waals surface area contributed by atoms with Crippen LogP contribution < -0.4 is 0 Å². The number of carbonyl (C=O) groups excluding carboxylic acids is 1. The Balaban J connectivity index is 1.67. The second-order valence-electron chi connectivity index (χ2n) is 7.13. The van der Waals surface area contributed by atoms with Gasteiger partial charge in [0.15, 0.2) is 0 Å². The van der Waals surface area contributed by atoms with Gasteiger partial charge in [0.25, 0.3) is 5.91 Å². The highest BCUT2D eigenvalue weighted by atomic mass is 16.5. The van der Waals surface area contributed by atoms with Crippen molar-refractivity contribution in [3.05, 3.63) is 71.9 Å². The predicted molar refractivity (Wildman–Crippen MR) is 106 cm³/mol. The lowest BCUT2D eigenvalue weighted by atomic mass is 10.1. The summed E-state index contributed by atoms with van der Waals surface area (Å²) in [7, 11) is 0. The van der Waals surface area contributed by atoms with E-state index in [1.165, 1.54) is 0 Å². The predicted octanol–water partition coefficient (Wildman–Crippen LogP) is 1.88. The van der Waals surface area contributed by atoms with E-state index in [0.717, 1.165) is 16.5 Å². The van der Waals surface area contributed by atoms with Gasteiger partial charge in [-0.15, -0.1) is 0 Å². The normalized spacial score (nSPS) is 19.9. The van der Waals surface area contributed by atoms with Crippen LogP contribution in [0, 0.1) is 0 Å². The van der Waals surface area contributed by atoms with E-state index < -0.39 is 12.2 Å². The van der Waals surface area contributed by atoms with Gasteiger partial charge in [-0.25, -0.2) is 0 Å². The summed E-state index contributed by atoms with van der Waals surface area (Å²) < 4.78 is 7.66. The molecule has 0 saturated carbocycles. The zero-order valence-corrected chi connectivity index (χ0v) is 15.6. The number of aliphatic hydroxyl groups is 2. The Morgan fingerprint density at radius 1 is 0.964 bits per heavy atom.